The zero-order chi connectivity index (χ0) is 12.0. The number of benzene rings is 2. The van der Waals surface area contributed by atoms with Crippen molar-refractivity contribution in [2.45, 2.75) is 0 Å². The fraction of sp³-hybridized carbons (Fsp3) is 0. The molecule has 0 aliphatic rings. The molecule has 4 heteroatoms. The number of aromatic hydroxyl groups is 1. The van der Waals surface area contributed by atoms with Crippen molar-refractivity contribution in [2.24, 2.45) is 0 Å². The topological polar surface area (TPSA) is 98.3 Å². The van der Waals surface area contributed by atoms with Crippen LogP contribution in [-0.2, 0) is 0 Å². The molecule has 2 aromatic rings. The van der Waals surface area contributed by atoms with Gasteiger partial charge in [-0.3, -0.25) is 0 Å². The van der Waals surface area contributed by atoms with Crippen LogP contribution in [0.5, 0.6) is 5.75 Å². The standard InChI is InChI=1S/C6H8N2.C6H7NO/c2*7-5-2-1-3-6(8)4-5/h1-4H,7-8H2;1-4,8H,7H2. The van der Waals surface area contributed by atoms with Gasteiger partial charge in [-0.15, -0.1) is 0 Å². The smallest absolute Gasteiger partial charge is 0.117 e. The number of rotatable bonds is 0. The summed E-state index contributed by atoms with van der Waals surface area (Å²) in [5, 5.41) is 8.73. The van der Waals surface area contributed by atoms with Crippen LogP contribution in [0, 0.1) is 0 Å². The van der Waals surface area contributed by atoms with E-state index in [9.17, 15) is 0 Å². The summed E-state index contributed by atoms with van der Waals surface area (Å²) in [6, 6.07) is 13.7. The van der Waals surface area contributed by atoms with Crippen LogP contribution in [0.1, 0.15) is 0 Å². The van der Waals surface area contributed by atoms with E-state index >= 15 is 0 Å². The van der Waals surface area contributed by atoms with Gasteiger partial charge in [-0.25, -0.2) is 0 Å². The Balaban J connectivity index is 0.000000160. The quantitative estimate of drug-likeness (QED) is 0.506. The van der Waals surface area contributed by atoms with Crippen molar-refractivity contribution in [1.29, 1.82) is 0 Å². The lowest BCUT2D eigenvalue weighted by Gasteiger charge is -1.91. The van der Waals surface area contributed by atoms with E-state index in [1.807, 2.05) is 6.07 Å². The van der Waals surface area contributed by atoms with Crippen LogP contribution >= 0.6 is 0 Å². The van der Waals surface area contributed by atoms with Crippen molar-refractivity contribution in [3.63, 3.8) is 0 Å². The first kappa shape index (κ1) is 11.7. The van der Waals surface area contributed by atoms with Gasteiger partial charge in [0.1, 0.15) is 5.75 Å². The second-order valence-electron chi connectivity index (χ2n) is 3.27. The van der Waals surface area contributed by atoms with Crippen molar-refractivity contribution in [3.8, 4) is 5.75 Å². The number of nitrogen functional groups attached to an aromatic ring is 3. The molecule has 0 bridgehead atoms. The van der Waals surface area contributed by atoms with E-state index in [-0.39, 0.29) is 5.75 Å². The molecule has 0 atom stereocenters. The van der Waals surface area contributed by atoms with E-state index in [1.54, 1.807) is 36.4 Å². The number of phenols is 1. The summed E-state index contributed by atoms with van der Waals surface area (Å²) in [6.45, 7) is 0. The lowest BCUT2D eigenvalue weighted by Crippen LogP contribution is -1.87. The van der Waals surface area contributed by atoms with Gasteiger partial charge in [0.05, 0.1) is 0 Å². The van der Waals surface area contributed by atoms with Crippen molar-refractivity contribution in [3.05, 3.63) is 48.5 Å². The van der Waals surface area contributed by atoms with Crippen LogP contribution in [-0.4, -0.2) is 5.11 Å². The van der Waals surface area contributed by atoms with Crippen LogP contribution in [0.3, 0.4) is 0 Å². The summed E-state index contributed by atoms with van der Waals surface area (Å²) in [7, 11) is 0. The third-order valence-electron chi connectivity index (χ3n) is 1.78. The van der Waals surface area contributed by atoms with Crippen molar-refractivity contribution >= 4 is 17.1 Å². The van der Waals surface area contributed by atoms with Gasteiger partial charge in [-0.05, 0) is 30.3 Å². The van der Waals surface area contributed by atoms with Crippen LogP contribution in [0.15, 0.2) is 48.5 Å². The van der Waals surface area contributed by atoms with Gasteiger partial charge < -0.3 is 22.3 Å². The highest BCUT2D eigenvalue weighted by molar-refractivity contribution is 5.50. The SMILES string of the molecule is Nc1cccc(N)c1.Nc1cccc(O)c1. The summed E-state index contributed by atoms with van der Waals surface area (Å²) >= 11 is 0. The Morgan fingerprint density at radius 1 is 0.688 bits per heavy atom. The Morgan fingerprint density at radius 2 is 1.12 bits per heavy atom. The first-order valence-corrected chi connectivity index (χ1v) is 4.73. The Kier molecular flexibility index (Phi) is 4.03. The number of phenolic OH excluding ortho intramolecular Hbond substituents is 1. The molecule has 16 heavy (non-hydrogen) atoms. The van der Waals surface area contributed by atoms with Gasteiger partial charge in [-0.2, -0.15) is 0 Å². The van der Waals surface area contributed by atoms with E-state index in [0.717, 1.165) is 0 Å². The van der Waals surface area contributed by atoms with E-state index < -0.39 is 0 Å². The van der Waals surface area contributed by atoms with Crippen molar-refractivity contribution in [1.82, 2.24) is 0 Å². The molecule has 0 spiro atoms. The Morgan fingerprint density at radius 3 is 1.38 bits per heavy atom. The molecule has 0 unspecified atom stereocenters. The Hall–Kier alpha value is -2.36. The molecule has 0 fully saturated rings. The van der Waals surface area contributed by atoms with E-state index in [1.165, 1.54) is 6.07 Å². The van der Waals surface area contributed by atoms with Crippen molar-refractivity contribution < 1.29 is 5.11 Å². The lowest BCUT2D eigenvalue weighted by molar-refractivity contribution is 0.475. The molecule has 0 heterocycles. The second kappa shape index (κ2) is 5.50. The number of anilines is 3. The first-order valence-electron chi connectivity index (χ1n) is 4.73. The summed E-state index contributed by atoms with van der Waals surface area (Å²) < 4.78 is 0. The first-order chi connectivity index (χ1) is 7.58. The zero-order valence-electron chi connectivity index (χ0n) is 8.80. The van der Waals surface area contributed by atoms with Gasteiger partial charge in [0, 0.05) is 23.1 Å². The van der Waals surface area contributed by atoms with Gasteiger partial charge in [-0.1, -0.05) is 12.1 Å². The average molecular weight is 217 g/mol. The highest BCUT2D eigenvalue weighted by Crippen LogP contribution is 2.10. The monoisotopic (exact) mass is 217 g/mol. The minimum atomic E-state index is 0.213. The molecule has 0 aliphatic carbocycles. The summed E-state index contributed by atoms with van der Waals surface area (Å²) in [4.78, 5) is 0. The van der Waals surface area contributed by atoms with Gasteiger partial charge in [0.25, 0.3) is 0 Å². The summed E-state index contributed by atoms with van der Waals surface area (Å²) in [6.07, 6.45) is 0. The average Bonchev–Trinajstić information content (AvgIpc) is 2.17. The van der Waals surface area contributed by atoms with E-state index in [4.69, 9.17) is 22.3 Å². The Bertz CT molecular complexity index is 380. The maximum atomic E-state index is 8.73. The van der Waals surface area contributed by atoms with Crippen LogP contribution < -0.4 is 17.2 Å². The van der Waals surface area contributed by atoms with Crippen LogP contribution in [0.2, 0.25) is 0 Å². The molecule has 0 saturated heterocycles. The van der Waals surface area contributed by atoms with Gasteiger partial charge in [0.2, 0.25) is 0 Å². The molecule has 0 radical (unpaired) electrons. The van der Waals surface area contributed by atoms with Crippen molar-refractivity contribution in [2.75, 3.05) is 17.2 Å². The molecule has 0 aromatic heterocycles. The maximum Gasteiger partial charge on any atom is 0.117 e. The zero-order valence-corrected chi connectivity index (χ0v) is 8.80. The van der Waals surface area contributed by atoms with Crippen LogP contribution in [0.25, 0.3) is 0 Å². The predicted molar refractivity (Wildman–Crippen MR) is 67.8 cm³/mol. The number of hydrogen-bond donors (Lipinski definition) is 4. The fourth-order valence-corrected chi connectivity index (χ4v) is 1.08. The molecule has 2 rings (SSSR count). The van der Waals surface area contributed by atoms with Gasteiger partial charge in [0.15, 0.2) is 0 Å². The van der Waals surface area contributed by atoms with E-state index in [0.29, 0.717) is 17.1 Å². The largest absolute Gasteiger partial charge is 0.508 e. The molecule has 2 aromatic carbocycles. The third kappa shape index (κ3) is 4.23. The fourth-order valence-electron chi connectivity index (χ4n) is 1.08. The molecule has 0 amide bonds. The molecule has 4 nitrogen and oxygen atoms in total. The Labute approximate surface area is 94.3 Å². The molecular formula is C12H15N3O. The molecule has 0 aliphatic heterocycles. The maximum absolute atomic E-state index is 8.73. The second-order valence-corrected chi connectivity index (χ2v) is 3.27. The normalized spacial score (nSPS) is 9.00. The minimum absolute atomic E-state index is 0.213. The minimum Gasteiger partial charge on any atom is -0.508 e. The molecule has 84 valence electrons. The molecule has 0 saturated carbocycles. The molecule has 7 N–H and O–H groups in total. The van der Waals surface area contributed by atoms with Gasteiger partial charge >= 0.3 is 0 Å². The van der Waals surface area contributed by atoms with Crippen LogP contribution in [0.4, 0.5) is 17.1 Å². The lowest BCUT2D eigenvalue weighted by atomic mass is 10.3. The van der Waals surface area contributed by atoms with E-state index in [2.05, 4.69) is 0 Å². The summed E-state index contributed by atoms with van der Waals surface area (Å²) in [5.74, 6) is 0.213. The predicted octanol–water partition coefficient (Wildman–Crippen LogP) is 1.83. The highest BCUT2D eigenvalue weighted by Gasteiger charge is 1.83. The summed E-state index contributed by atoms with van der Waals surface area (Å²) in [5.41, 5.74) is 18.1. The molecular weight excluding hydrogens is 202 g/mol. The highest BCUT2D eigenvalue weighted by atomic mass is 16.3. The third-order valence-corrected chi connectivity index (χ3v) is 1.78. The number of hydrogen-bond acceptors (Lipinski definition) is 4. The number of nitrogens with two attached hydrogens (primary N) is 3.